The Kier molecular flexibility index (Phi) is 15.8. The first-order chi connectivity index (χ1) is 17.0. The summed E-state index contributed by atoms with van der Waals surface area (Å²) in [6, 6.07) is 21.6. The summed E-state index contributed by atoms with van der Waals surface area (Å²) < 4.78 is 25.2. The van der Waals surface area contributed by atoms with Crippen LogP contribution in [-0.2, 0) is 9.59 Å². The van der Waals surface area contributed by atoms with Crippen molar-refractivity contribution < 1.29 is 28.3 Å². The fourth-order valence-electron chi connectivity index (χ4n) is 3.12. The molecule has 5 nitrogen and oxygen atoms in total. The molecule has 0 saturated carbocycles. The largest absolute Gasteiger partial charge is 0.400 e. The van der Waals surface area contributed by atoms with E-state index in [1.165, 1.54) is 36.4 Å². The van der Waals surface area contributed by atoms with Crippen molar-refractivity contribution in [2.45, 2.75) is 39.7 Å². The van der Waals surface area contributed by atoms with Crippen LogP contribution in [0.25, 0.3) is 0 Å². The number of halogens is 2. The fourth-order valence-corrected chi connectivity index (χ4v) is 3.12. The molecule has 1 atom stereocenters. The molecule has 0 aromatic heterocycles. The Morgan fingerprint density at radius 3 is 1.77 bits per heavy atom. The molecule has 1 unspecified atom stereocenters. The smallest absolute Gasteiger partial charge is 0.230 e. The van der Waals surface area contributed by atoms with Crippen molar-refractivity contribution in [1.29, 1.82) is 0 Å². The van der Waals surface area contributed by atoms with Crippen molar-refractivity contribution >= 4 is 24.2 Å². The predicted molar refractivity (Wildman–Crippen MR) is 135 cm³/mol. The van der Waals surface area contributed by atoms with E-state index >= 15 is 0 Å². The lowest BCUT2D eigenvalue weighted by Crippen LogP contribution is -2.46. The SMILES string of the molecule is C=O.CC.CCC(=O)c1ccc(F)cc1.CO.O=C1CC(c2ccccc2)N1c1ccc(F)cc1. The van der Waals surface area contributed by atoms with Crippen LogP contribution < -0.4 is 4.90 Å². The zero-order valence-corrected chi connectivity index (χ0v) is 20.6. The van der Waals surface area contributed by atoms with Crippen molar-refractivity contribution in [2.24, 2.45) is 0 Å². The molecule has 1 saturated heterocycles. The number of benzene rings is 3. The molecule has 0 aliphatic carbocycles. The summed E-state index contributed by atoms with van der Waals surface area (Å²) >= 11 is 0. The summed E-state index contributed by atoms with van der Waals surface area (Å²) in [7, 11) is 1.00. The summed E-state index contributed by atoms with van der Waals surface area (Å²) in [5.74, 6) is -0.471. The van der Waals surface area contributed by atoms with Gasteiger partial charge in [0.15, 0.2) is 5.78 Å². The number of rotatable bonds is 4. The van der Waals surface area contributed by atoms with Crippen LogP contribution in [-0.4, -0.2) is 30.7 Å². The molecule has 3 aromatic rings. The van der Waals surface area contributed by atoms with E-state index in [4.69, 9.17) is 9.90 Å². The number of hydrogen-bond donors (Lipinski definition) is 1. The monoisotopic (exact) mass is 485 g/mol. The molecular formula is C28H33F2NO4. The van der Waals surface area contributed by atoms with Crippen LogP contribution in [0.3, 0.4) is 0 Å². The molecule has 1 aliphatic heterocycles. The predicted octanol–water partition coefficient (Wildman–Crippen LogP) is 6.17. The average Bonchev–Trinajstić information content (AvgIpc) is 2.93. The third-order valence-corrected chi connectivity index (χ3v) is 4.72. The van der Waals surface area contributed by atoms with E-state index in [9.17, 15) is 18.4 Å². The van der Waals surface area contributed by atoms with Crippen molar-refractivity contribution in [1.82, 2.24) is 0 Å². The molecule has 188 valence electrons. The van der Waals surface area contributed by atoms with Gasteiger partial charge in [0.25, 0.3) is 0 Å². The summed E-state index contributed by atoms with van der Waals surface area (Å²) in [6.07, 6.45) is 0.979. The quantitative estimate of drug-likeness (QED) is 0.354. The van der Waals surface area contributed by atoms with Gasteiger partial charge >= 0.3 is 0 Å². The standard InChI is InChI=1S/C15H12FNO.C9H9FO.C2H6.CH4O.CH2O/c16-12-6-8-13(9-7-12)17-14(10-15(17)18)11-4-2-1-3-5-11;1-2-9(11)7-3-5-8(10)6-4-7;3*1-2/h1-9,14H,10H2;3-6H,2H2,1H3;1-2H3;2H,1H3;1H2. The van der Waals surface area contributed by atoms with Crippen molar-refractivity contribution in [3.8, 4) is 0 Å². The van der Waals surface area contributed by atoms with E-state index in [2.05, 4.69) is 0 Å². The molecular weight excluding hydrogens is 452 g/mol. The van der Waals surface area contributed by atoms with E-state index in [1.54, 1.807) is 24.0 Å². The molecule has 4 rings (SSSR count). The maximum absolute atomic E-state index is 12.9. The minimum atomic E-state index is -0.308. The molecule has 1 heterocycles. The number of carbonyl (C=O) groups is 3. The zero-order valence-electron chi connectivity index (χ0n) is 20.6. The highest BCUT2D eigenvalue weighted by Gasteiger charge is 2.37. The Labute approximate surface area is 206 Å². The van der Waals surface area contributed by atoms with Crippen molar-refractivity contribution in [3.63, 3.8) is 0 Å². The van der Waals surface area contributed by atoms with Crippen LogP contribution in [0.5, 0.6) is 0 Å². The third kappa shape index (κ3) is 9.59. The normalized spacial score (nSPS) is 13.1. The molecule has 1 fully saturated rings. The highest BCUT2D eigenvalue weighted by molar-refractivity contribution is 6.01. The van der Waals surface area contributed by atoms with Gasteiger partial charge in [-0.05, 0) is 54.1 Å². The van der Waals surface area contributed by atoms with Crippen LogP contribution in [0.4, 0.5) is 14.5 Å². The molecule has 1 N–H and O–H groups in total. The summed E-state index contributed by atoms with van der Waals surface area (Å²) in [4.78, 5) is 32.5. The molecule has 0 radical (unpaired) electrons. The topological polar surface area (TPSA) is 74.7 Å². The zero-order chi connectivity index (χ0) is 26.8. The molecule has 7 heteroatoms. The Balaban J connectivity index is 0.000000587. The van der Waals surface area contributed by atoms with Gasteiger partial charge in [-0.25, -0.2) is 8.78 Å². The summed E-state index contributed by atoms with van der Waals surface area (Å²) in [6.45, 7) is 7.78. The molecule has 1 aliphatic rings. The number of aliphatic hydroxyl groups excluding tert-OH is 1. The highest BCUT2D eigenvalue weighted by Crippen LogP contribution is 2.38. The average molecular weight is 486 g/mol. The number of hydrogen-bond acceptors (Lipinski definition) is 4. The third-order valence-electron chi connectivity index (χ3n) is 4.72. The highest BCUT2D eigenvalue weighted by atomic mass is 19.1. The van der Waals surface area contributed by atoms with Crippen LogP contribution >= 0.6 is 0 Å². The van der Waals surface area contributed by atoms with Crippen molar-refractivity contribution in [3.05, 3.63) is 102 Å². The maximum Gasteiger partial charge on any atom is 0.230 e. The Hall–Kier alpha value is -3.71. The van der Waals surface area contributed by atoms with E-state index in [1.807, 2.05) is 51.0 Å². The minimum Gasteiger partial charge on any atom is -0.400 e. The molecule has 0 spiro atoms. The number of aliphatic hydroxyl groups is 1. The molecule has 0 bridgehead atoms. The van der Waals surface area contributed by atoms with Gasteiger partial charge in [0, 0.05) is 24.8 Å². The molecule has 1 amide bonds. The van der Waals surface area contributed by atoms with Gasteiger partial charge in [-0.15, -0.1) is 0 Å². The number of anilines is 1. The van der Waals surface area contributed by atoms with E-state index < -0.39 is 0 Å². The molecule has 35 heavy (non-hydrogen) atoms. The number of nitrogens with zero attached hydrogens (tertiary/aromatic N) is 1. The van der Waals surface area contributed by atoms with Crippen LogP contribution in [0, 0.1) is 11.6 Å². The van der Waals surface area contributed by atoms with Gasteiger partial charge in [-0.2, -0.15) is 0 Å². The number of amides is 1. The molecule has 3 aromatic carbocycles. The van der Waals surface area contributed by atoms with Gasteiger partial charge in [0.2, 0.25) is 5.91 Å². The first kappa shape index (κ1) is 31.3. The second kappa shape index (κ2) is 17.7. The lowest BCUT2D eigenvalue weighted by atomic mass is 9.93. The van der Waals surface area contributed by atoms with E-state index in [0.717, 1.165) is 18.4 Å². The van der Waals surface area contributed by atoms with Gasteiger partial charge in [0.1, 0.15) is 18.4 Å². The Morgan fingerprint density at radius 1 is 0.886 bits per heavy atom. The Bertz CT molecular complexity index is 994. The minimum absolute atomic E-state index is 0.0463. The Morgan fingerprint density at radius 2 is 1.34 bits per heavy atom. The lowest BCUT2D eigenvalue weighted by molar-refractivity contribution is -0.124. The number of Topliss-reactive ketones (excluding diaryl/α,β-unsaturated/α-hetero) is 1. The number of ketones is 1. The summed E-state index contributed by atoms with van der Waals surface area (Å²) in [5.41, 5.74) is 2.44. The number of carbonyl (C=O) groups excluding carboxylic acids is 3. The summed E-state index contributed by atoms with van der Waals surface area (Å²) in [5, 5.41) is 7.00. The maximum atomic E-state index is 12.9. The van der Waals surface area contributed by atoms with Gasteiger partial charge in [0.05, 0.1) is 12.5 Å². The van der Waals surface area contributed by atoms with Crippen LogP contribution in [0.15, 0.2) is 78.9 Å². The first-order valence-corrected chi connectivity index (χ1v) is 11.1. The fraction of sp³-hybridized carbons (Fsp3) is 0.250. The van der Waals surface area contributed by atoms with E-state index in [-0.39, 0.29) is 29.4 Å². The first-order valence-electron chi connectivity index (χ1n) is 11.1. The van der Waals surface area contributed by atoms with Gasteiger partial charge in [-0.1, -0.05) is 51.1 Å². The lowest BCUT2D eigenvalue weighted by Gasteiger charge is -2.40. The van der Waals surface area contributed by atoms with Gasteiger partial charge in [-0.3, -0.25) is 9.59 Å². The van der Waals surface area contributed by atoms with Crippen molar-refractivity contribution in [2.75, 3.05) is 12.0 Å². The van der Waals surface area contributed by atoms with Crippen LogP contribution in [0.1, 0.15) is 55.6 Å². The van der Waals surface area contributed by atoms with E-state index in [0.29, 0.717) is 18.4 Å². The second-order valence-corrected chi connectivity index (χ2v) is 6.65. The number of β-lactam (4-membered cyclic amide) rings is 1. The van der Waals surface area contributed by atoms with Crippen LogP contribution in [0.2, 0.25) is 0 Å². The van der Waals surface area contributed by atoms with Gasteiger partial charge < -0.3 is 14.8 Å². The second-order valence-electron chi connectivity index (χ2n) is 6.65.